The molecule has 0 unspecified atom stereocenters. The lowest BCUT2D eigenvalue weighted by molar-refractivity contribution is -0.137. The van der Waals surface area contributed by atoms with E-state index >= 15 is 0 Å². The third-order valence-electron chi connectivity index (χ3n) is 2.96. The van der Waals surface area contributed by atoms with Gasteiger partial charge >= 0.3 is 6.18 Å². The predicted octanol–water partition coefficient (Wildman–Crippen LogP) is 4.75. The Hall–Kier alpha value is -1.52. The largest absolute Gasteiger partial charge is 0.416 e. The van der Waals surface area contributed by atoms with E-state index < -0.39 is 11.7 Å². The predicted molar refractivity (Wildman–Crippen MR) is 74.7 cm³/mol. The molecule has 0 spiro atoms. The molecule has 2 rings (SSSR count). The molecule has 5 heteroatoms. The molecule has 0 aliphatic rings. The van der Waals surface area contributed by atoms with Crippen LogP contribution in [0.1, 0.15) is 11.1 Å². The first-order chi connectivity index (χ1) is 9.41. The Kier molecular flexibility index (Phi) is 4.35. The van der Waals surface area contributed by atoms with Crippen LogP contribution < -0.4 is 5.32 Å². The highest BCUT2D eigenvalue weighted by Crippen LogP contribution is 2.32. The Morgan fingerprint density at radius 1 is 1.05 bits per heavy atom. The number of halogens is 4. The summed E-state index contributed by atoms with van der Waals surface area (Å²) >= 11 is 5.95. The maximum atomic E-state index is 12.5. The minimum absolute atomic E-state index is 0.594. The van der Waals surface area contributed by atoms with Crippen molar-refractivity contribution in [3.63, 3.8) is 0 Å². The van der Waals surface area contributed by atoms with Crippen molar-refractivity contribution in [2.24, 2.45) is 0 Å². The summed E-state index contributed by atoms with van der Waals surface area (Å²) in [5, 5.41) is 3.62. The lowest BCUT2D eigenvalue weighted by Crippen LogP contribution is -2.07. The lowest BCUT2D eigenvalue weighted by Gasteiger charge is -2.12. The van der Waals surface area contributed by atoms with Crippen molar-refractivity contribution >= 4 is 11.6 Å². The summed E-state index contributed by atoms with van der Waals surface area (Å²) in [6.07, 6.45) is -4.31. The zero-order valence-corrected chi connectivity index (χ0v) is 11.5. The average Bonchev–Trinajstić information content (AvgIpc) is 2.38. The van der Waals surface area contributed by atoms with E-state index in [9.17, 15) is 13.2 Å². The zero-order chi connectivity index (χ0) is 14.8. The van der Waals surface area contributed by atoms with Gasteiger partial charge in [-0.1, -0.05) is 29.8 Å². The van der Waals surface area contributed by atoms with Gasteiger partial charge in [0.25, 0.3) is 0 Å². The van der Waals surface area contributed by atoms with E-state index in [4.69, 9.17) is 11.6 Å². The Balaban J connectivity index is 2.41. The molecule has 0 radical (unpaired) electrons. The third kappa shape index (κ3) is 3.32. The monoisotopic (exact) mass is 299 g/mol. The summed E-state index contributed by atoms with van der Waals surface area (Å²) in [7, 11) is 1.80. The van der Waals surface area contributed by atoms with Crippen LogP contribution in [0.5, 0.6) is 0 Å². The summed E-state index contributed by atoms with van der Waals surface area (Å²) in [6.45, 7) is 0.594. The van der Waals surface area contributed by atoms with Gasteiger partial charge in [0.1, 0.15) is 0 Å². The molecule has 0 fully saturated rings. The maximum absolute atomic E-state index is 12.5. The molecule has 1 N–H and O–H groups in total. The van der Waals surface area contributed by atoms with Crippen molar-refractivity contribution in [3.8, 4) is 11.1 Å². The first-order valence-electron chi connectivity index (χ1n) is 6.02. The van der Waals surface area contributed by atoms with E-state index in [0.717, 1.165) is 28.8 Å². The van der Waals surface area contributed by atoms with Crippen LogP contribution in [0.25, 0.3) is 11.1 Å². The van der Waals surface area contributed by atoms with Gasteiger partial charge < -0.3 is 5.32 Å². The van der Waals surface area contributed by atoms with Gasteiger partial charge in [-0.2, -0.15) is 13.2 Å². The van der Waals surface area contributed by atoms with Crippen molar-refractivity contribution < 1.29 is 13.2 Å². The first kappa shape index (κ1) is 14.9. The first-order valence-corrected chi connectivity index (χ1v) is 6.40. The Bertz CT molecular complexity index is 591. The molecule has 0 heterocycles. The number of rotatable bonds is 3. The minimum atomic E-state index is -4.31. The van der Waals surface area contributed by atoms with E-state index in [-0.39, 0.29) is 0 Å². The summed E-state index contributed by atoms with van der Waals surface area (Å²) in [4.78, 5) is 0. The van der Waals surface area contributed by atoms with Crippen LogP contribution in [-0.4, -0.2) is 7.05 Å². The topological polar surface area (TPSA) is 12.0 Å². The van der Waals surface area contributed by atoms with Gasteiger partial charge in [-0.15, -0.1) is 0 Å². The molecule has 0 saturated carbocycles. The Morgan fingerprint density at radius 3 is 2.25 bits per heavy atom. The molecule has 0 bridgehead atoms. The van der Waals surface area contributed by atoms with Gasteiger partial charge in [-0.25, -0.2) is 0 Å². The van der Waals surface area contributed by atoms with Crippen LogP contribution in [0.15, 0.2) is 42.5 Å². The molecular weight excluding hydrogens is 287 g/mol. The highest BCUT2D eigenvalue weighted by molar-refractivity contribution is 6.30. The van der Waals surface area contributed by atoms with Crippen LogP contribution in [0, 0.1) is 0 Å². The number of nitrogens with one attached hydrogen (secondary N) is 1. The SMILES string of the molecule is CNCc1cc(Cl)ccc1-c1ccc(C(F)(F)F)cc1. The van der Waals surface area contributed by atoms with Crippen molar-refractivity contribution in [2.75, 3.05) is 7.05 Å². The van der Waals surface area contributed by atoms with E-state index in [1.807, 2.05) is 12.1 Å². The van der Waals surface area contributed by atoms with Crippen LogP contribution in [0.4, 0.5) is 13.2 Å². The Morgan fingerprint density at radius 2 is 1.70 bits per heavy atom. The highest BCUT2D eigenvalue weighted by Gasteiger charge is 2.30. The summed E-state index contributed by atoms with van der Waals surface area (Å²) in [6, 6.07) is 10.5. The fourth-order valence-corrected chi connectivity index (χ4v) is 2.21. The molecule has 0 atom stereocenters. The van der Waals surface area contributed by atoms with Crippen molar-refractivity contribution in [3.05, 3.63) is 58.6 Å². The molecule has 0 aliphatic heterocycles. The van der Waals surface area contributed by atoms with Gasteiger partial charge in [0, 0.05) is 11.6 Å². The van der Waals surface area contributed by atoms with Crippen LogP contribution in [0.3, 0.4) is 0 Å². The number of hydrogen-bond acceptors (Lipinski definition) is 1. The number of hydrogen-bond donors (Lipinski definition) is 1. The standard InChI is InChI=1S/C15H13ClF3N/c1-20-9-11-8-13(16)6-7-14(11)10-2-4-12(5-3-10)15(17,18)19/h2-8,20H,9H2,1H3. The average molecular weight is 300 g/mol. The molecule has 106 valence electrons. The molecule has 0 aliphatic carbocycles. The second kappa shape index (κ2) is 5.85. The van der Waals surface area contributed by atoms with Crippen molar-refractivity contribution in [2.45, 2.75) is 12.7 Å². The summed E-state index contributed by atoms with van der Waals surface area (Å²) in [5.41, 5.74) is 1.91. The fraction of sp³-hybridized carbons (Fsp3) is 0.200. The number of benzene rings is 2. The summed E-state index contributed by atoms with van der Waals surface area (Å²) < 4.78 is 37.6. The van der Waals surface area contributed by atoms with Gasteiger partial charge in [0.2, 0.25) is 0 Å². The number of alkyl halides is 3. The quantitative estimate of drug-likeness (QED) is 0.863. The van der Waals surface area contributed by atoms with Crippen molar-refractivity contribution in [1.82, 2.24) is 5.32 Å². The molecule has 0 saturated heterocycles. The molecule has 1 nitrogen and oxygen atoms in total. The second-order valence-corrected chi connectivity index (χ2v) is 4.84. The second-order valence-electron chi connectivity index (χ2n) is 4.41. The molecule has 2 aromatic rings. The zero-order valence-electron chi connectivity index (χ0n) is 10.8. The minimum Gasteiger partial charge on any atom is -0.316 e. The van der Waals surface area contributed by atoms with Gasteiger partial charge in [-0.05, 0) is 48.0 Å². The van der Waals surface area contributed by atoms with Crippen molar-refractivity contribution in [1.29, 1.82) is 0 Å². The molecule has 0 aromatic heterocycles. The van der Waals surface area contributed by atoms with Crippen LogP contribution in [-0.2, 0) is 12.7 Å². The van der Waals surface area contributed by atoms with E-state index in [2.05, 4.69) is 5.32 Å². The molecular formula is C15H13ClF3N. The molecule has 2 aromatic carbocycles. The Labute approximate surface area is 120 Å². The molecule has 20 heavy (non-hydrogen) atoms. The van der Waals surface area contributed by atoms with Crippen LogP contribution >= 0.6 is 11.6 Å². The van der Waals surface area contributed by atoms with E-state index in [1.165, 1.54) is 12.1 Å². The normalized spacial score (nSPS) is 11.7. The third-order valence-corrected chi connectivity index (χ3v) is 3.19. The maximum Gasteiger partial charge on any atom is 0.416 e. The fourth-order valence-electron chi connectivity index (χ4n) is 2.02. The van der Waals surface area contributed by atoms with Crippen LogP contribution in [0.2, 0.25) is 5.02 Å². The van der Waals surface area contributed by atoms with Gasteiger partial charge in [-0.3, -0.25) is 0 Å². The van der Waals surface area contributed by atoms with E-state index in [1.54, 1.807) is 13.1 Å². The van der Waals surface area contributed by atoms with E-state index in [0.29, 0.717) is 11.6 Å². The van der Waals surface area contributed by atoms with Gasteiger partial charge in [0.15, 0.2) is 0 Å². The smallest absolute Gasteiger partial charge is 0.316 e. The molecule has 0 amide bonds. The lowest BCUT2D eigenvalue weighted by atomic mass is 9.98. The van der Waals surface area contributed by atoms with Gasteiger partial charge in [0.05, 0.1) is 5.56 Å². The summed E-state index contributed by atoms with van der Waals surface area (Å²) in [5.74, 6) is 0. The highest BCUT2D eigenvalue weighted by atomic mass is 35.5.